The Morgan fingerprint density at radius 2 is 2.12 bits per heavy atom. The molecule has 1 fully saturated rings. The molecule has 2 rings (SSSR count). The fourth-order valence-corrected chi connectivity index (χ4v) is 2.60. The molecular weight excluding hydrogens is 198 g/mol. The monoisotopic (exact) mass is 221 g/mol. The molecule has 0 aromatic carbocycles. The molecule has 0 spiro atoms. The van der Waals surface area contributed by atoms with Gasteiger partial charge in [-0.05, 0) is 39.5 Å². The van der Waals surface area contributed by atoms with Crippen LogP contribution in [0.2, 0.25) is 0 Å². The maximum absolute atomic E-state index is 4.40. The zero-order valence-corrected chi connectivity index (χ0v) is 10.8. The average Bonchev–Trinajstić information content (AvgIpc) is 2.41. The van der Waals surface area contributed by atoms with Gasteiger partial charge in [0.1, 0.15) is 0 Å². The maximum Gasteiger partial charge on any atom is 0.0641 e. The molecule has 90 valence electrons. The molecule has 0 aliphatic heterocycles. The molecular formula is C13H23N3. The van der Waals surface area contributed by atoms with E-state index in [1.54, 1.807) is 0 Å². The summed E-state index contributed by atoms with van der Waals surface area (Å²) >= 11 is 0. The van der Waals surface area contributed by atoms with Crippen LogP contribution in [-0.4, -0.2) is 15.8 Å². The first-order valence-electron chi connectivity index (χ1n) is 6.34. The molecule has 1 saturated carbocycles. The Kier molecular flexibility index (Phi) is 3.33. The number of hydrogen-bond acceptors (Lipinski definition) is 2. The molecule has 0 radical (unpaired) electrons. The van der Waals surface area contributed by atoms with Crippen LogP contribution in [0.4, 0.5) is 0 Å². The SMILES string of the molecule is Cc1nn(C)cc1C(C)NC(C)C1CCC1. The summed E-state index contributed by atoms with van der Waals surface area (Å²) in [5.41, 5.74) is 2.47. The molecule has 1 heterocycles. The van der Waals surface area contributed by atoms with E-state index in [1.165, 1.54) is 24.8 Å². The van der Waals surface area contributed by atoms with Gasteiger partial charge in [0.15, 0.2) is 0 Å². The summed E-state index contributed by atoms with van der Waals surface area (Å²) < 4.78 is 1.90. The van der Waals surface area contributed by atoms with Crippen LogP contribution < -0.4 is 5.32 Å². The number of aryl methyl sites for hydroxylation is 2. The third kappa shape index (κ3) is 2.29. The van der Waals surface area contributed by atoms with Gasteiger partial charge >= 0.3 is 0 Å². The van der Waals surface area contributed by atoms with Crippen molar-refractivity contribution < 1.29 is 0 Å². The Labute approximate surface area is 98.2 Å². The minimum Gasteiger partial charge on any atom is -0.307 e. The number of rotatable bonds is 4. The van der Waals surface area contributed by atoms with Crippen LogP contribution in [0.15, 0.2) is 6.20 Å². The lowest BCUT2D eigenvalue weighted by Crippen LogP contribution is -2.38. The summed E-state index contributed by atoms with van der Waals surface area (Å²) in [6.07, 6.45) is 6.33. The zero-order valence-electron chi connectivity index (χ0n) is 10.8. The van der Waals surface area contributed by atoms with Gasteiger partial charge in [0, 0.05) is 30.9 Å². The summed E-state index contributed by atoms with van der Waals surface area (Å²) in [5.74, 6) is 0.888. The topological polar surface area (TPSA) is 29.9 Å². The van der Waals surface area contributed by atoms with E-state index in [0.29, 0.717) is 12.1 Å². The van der Waals surface area contributed by atoms with E-state index in [4.69, 9.17) is 0 Å². The van der Waals surface area contributed by atoms with Crippen molar-refractivity contribution in [2.75, 3.05) is 0 Å². The Bertz CT molecular complexity index is 352. The highest BCUT2D eigenvalue weighted by molar-refractivity contribution is 5.19. The predicted molar refractivity (Wildman–Crippen MR) is 66.3 cm³/mol. The van der Waals surface area contributed by atoms with Gasteiger partial charge in [-0.15, -0.1) is 0 Å². The highest BCUT2D eigenvalue weighted by Crippen LogP contribution is 2.30. The third-order valence-corrected chi connectivity index (χ3v) is 3.89. The quantitative estimate of drug-likeness (QED) is 0.847. The van der Waals surface area contributed by atoms with Gasteiger partial charge in [0.05, 0.1) is 5.69 Å². The van der Waals surface area contributed by atoms with Crippen LogP contribution in [0.1, 0.15) is 50.4 Å². The van der Waals surface area contributed by atoms with Gasteiger partial charge in [-0.3, -0.25) is 4.68 Å². The van der Waals surface area contributed by atoms with E-state index in [2.05, 4.69) is 37.4 Å². The zero-order chi connectivity index (χ0) is 11.7. The van der Waals surface area contributed by atoms with Crippen molar-refractivity contribution in [2.24, 2.45) is 13.0 Å². The van der Waals surface area contributed by atoms with Crippen molar-refractivity contribution >= 4 is 0 Å². The molecule has 0 bridgehead atoms. The molecule has 3 nitrogen and oxygen atoms in total. The molecule has 1 N–H and O–H groups in total. The van der Waals surface area contributed by atoms with Gasteiger partial charge in [-0.25, -0.2) is 0 Å². The van der Waals surface area contributed by atoms with Crippen LogP contribution in [0.5, 0.6) is 0 Å². The highest BCUT2D eigenvalue weighted by atomic mass is 15.3. The third-order valence-electron chi connectivity index (χ3n) is 3.89. The summed E-state index contributed by atoms with van der Waals surface area (Å²) in [6.45, 7) is 6.63. The van der Waals surface area contributed by atoms with Crippen LogP contribution in [0, 0.1) is 12.8 Å². The summed E-state index contributed by atoms with van der Waals surface area (Å²) in [6, 6.07) is 1.03. The smallest absolute Gasteiger partial charge is 0.0641 e. The first-order valence-corrected chi connectivity index (χ1v) is 6.34. The van der Waals surface area contributed by atoms with Gasteiger partial charge in [-0.2, -0.15) is 5.10 Å². The Morgan fingerprint density at radius 3 is 2.56 bits per heavy atom. The lowest BCUT2D eigenvalue weighted by molar-refractivity contribution is 0.229. The number of aromatic nitrogens is 2. The van der Waals surface area contributed by atoms with Crippen molar-refractivity contribution in [2.45, 2.75) is 52.1 Å². The molecule has 1 aromatic heterocycles. The molecule has 1 aliphatic carbocycles. The van der Waals surface area contributed by atoms with Gasteiger partial charge < -0.3 is 5.32 Å². The van der Waals surface area contributed by atoms with Crippen molar-refractivity contribution in [3.8, 4) is 0 Å². The van der Waals surface area contributed by atoms with Gasteiger partial charge in [-0.1, -0.05) is 6.42 Å². The van der Waals surface area contributed by atoms with E-state index < -0.39 is 0 Å². The maximum atomic E-state index is 4.40. The number of nitrogens with zero attached hydrogens (tertiary/aromatic N) is 2. The molecule has 2 atom stereocenters. The van der Waals surface area contributed by atoms with Gasteiger partial charge in [0.25, 0.3) is 0 Å². The second-order valence-electron chi connectivity index (χ2n) is 5.21. The molecule has 1 aliphatic rings. The normalized spacial score (nSPS) is 20.5. The standard InChI is InChI=1S/C13H23N3/c1-9(12-6-5-7-12)14-10(2)13-8-16(4)15-11(13)3/h8-10,12,14H,5-7H2,1-4H3. The Balaban J connectivity index is 1.96. The molecule has 3 heteroatoms. The lowest BCUT2D eigenvalue weighted by atomic mass is 9.80. The summed E-state index contributed by atoms with van der Waals surface area (Å²) in [7, 11) is 1.98. The minimum absolute atomic E-state index is 0.407. The second-order valence-corrected chi connectivity index (χ2v) is 5.21. The summed E-state index contributed by atoms with van der Waals surface area (Å²) in [5, 5.41) is 8.09. The van der Waals surface area contributed by atoms with Crippen LogP contribution in [-0.2, 0) is 7.05 Å². The second kappa shape index (κ2) is 4.58. The van der Waals surface area contributed by atoms with Crippen molar-refractivity contribution in [3.05, 3.63) is 17.5 Å². The fourth-order valence-electron chi connectivity index (χ4n) is 2.60. The van der Waals surface area contributed by atoms with E-state index in [9.17, 15) is 0 Å². The molecule has 16 heavy (non-hydrogen) atoms. The first kappa shape index (κ1) is 11.6. The largest absolute Gasteiger partial charge is 0.307 e. The average molecular weight is 221 g/mol. The van der Waals surface area contributed by atoms with Gasteiger partial charge in [0.2, 0.25) is 0 Å². The highest BCUT2D eigenvalue weighted by Gasteiger charge is 2.25. The van der Waals surface area contributed by atoms with E-state index in [1.807, 2.05) is 11.7 Å². The van der Waals surface area contributed by atoms with Crippen LogP contribution in [0.3, 0.4) is 0 Å². The molecule has 2 unspecified atom stereocenters. The van der Waals surface area contributed by atoms with Crippen molar-refractivity contribution in [1.29, 1.82) is 0 Å². The van der Waals surface area contributed by atoms with Crippen LogP contribution >= 0.6 is 0 Å². The fraction of sp³-hybridized carbons (Fsp3) is 0.769. The first-order chi connectivity index (χ1) is 7.58. The number of nitrogens with one attached hydrogen (secondary N) is 1. The molecule has 0 amide bonds. The van der Waals surface area contributed by atoms with E-state index in [-0.39, 0.29) is 0 Å². The minimum atomic E-state index is 0.407. The van der Waals surface area contributed by atoms with E-state index in [0.717, 1.165) is 11.6 Å². The van der Waals surface area contributed by atoms with Crippen molar-refractivity contribution in [3.63, 3.8) is 0 Å². The Hall–Kier alpha value is -0.830. The molecule has 0 saturated heterocycles. The summed E-state index contributed by atoms with van der Waals surface area (Å²) in [4.78, 5) is 0. The van der Waals surface area contributed by atoms with Crippen LogP contribution in [0.25, 0.3) is 0 Å². The molecule has 1 aromatic rings. The lowest BCUT2D eigenvalue weighted by Gasteiger charge is -2.33. The Morgan fingerprint density at radius 1 is 1.44 bits per heavy atom. The van der Waals surface area contributed by atoms with E-state index >= 15 is 0 Å². The number of hydrogen-bond donors (Lipinski definition) is 1. The van der Waals surface area contributed by atoms with Crippen molar-refractivity contribution in [1.82, 2.24) is 15.1 Å². The predicted octanol–water partition coefficient (Wildman–Crippen LogP) is 2.57.